The molecule has 2 aliphatic rings. The molecule has 146 valence electrons. The van der Waals surface area contributed by atoms with E-state index >= 15 is 0 Å². The van der Waals surface area contributed by atoms with Crippen LogP contribution in [0, 0.1) is 17.7 Å². The average Bonchev–Trinajstić information content (AvgIpc) is 3.11. The number of hydrogen-bond acceptors (Lipinski definition) is 2. The van der Waals surface area contributed by atoms with Crippen molar-refractivity contribution in [1.29, 1.82) is 0 Å². The molecule has 1 unspecified atom stereocenters. The second-order valence-electron chi connectivity index (χ2n) is 7.82. The number of hydrogen-bond donors (Lipinski definition) is 0. The molecule has 0 N–H and O–H groups in total. The van der Waals surface area contributed by atoms with Crippen molar-refractivity contribution in [2.75, 3.05) is 24.5 Å². The van der Waals surface area contributed by atoms with E-state index in [4.69, 9.17) is 0 Å². The van der Waals surface area contributed by atoms with Crippen LogP contribution in [0.25, 0.3) is 0 Å². The molecule has 0 radical (unpaired) electrons. The van der Waals surface area contributed by atoms with Crippen LogP contribution in [0.2, 0.25) is 0 Å². The lowest BCUT2D eigenvalue weighted by atomic mass is 9.89. The van der Waals surface area contributed by atoms with Crippen molar-refractivity contribution in [2.24, 2.45) is 11.8 Å². The fraction of sp³-hybridized carbons (Fsp3) is 0.391. The highest BCUT2D eigenvalue weighted by atomic mass is 19.1. The Morgan fingerprint density at radius 1 is 1.00 bits per heavy atom. The van der Waals surface area contributed by atoms with Gasteiger partial charge in [-0.3, -0.25) is 9.59 Å². The molecule has 2 heterocycles. The summed E-state index contributed by atoms with van der Waals surface area (Å²) in [5.41, 5.74) is 1.61. The van der Waals surface area contributed by atoms with E-state index in [0.717, 1.165) is 32.4 Å². The molecule has 0 spiro atoms. The van der Waals surface area contributed by atoms with Crippen LogP contribution in [-0.2, 0) is 16.0 Å². The van der Waals surface area contributed by atoms with Crippen LogP contribution < -0.4 is 4.90 Å². The van der Waals surface area contributed by atoms with Gasteiger partial charge in [-0.2, -0.15) is 0 Å². The Balaban J connectivity index is 1.33. The second-order valence-corrected chi connectivity index (χ2v) is 7.82. The summed E-state index contributed by atoms with van der Waals surface area (Å²) in [5, 5.41) is 0. The Morgan fingerprint density at radius 3 is 2.39 bits per heavy atom. The van der Waals surface area contributed by atoms with E-state index in [2.05, 4.69) is 24.3 Å². The first-order valence-electron chi connectivity index (χ1n) is 9.99. The Bertz CT molecular complexity index is 847. The lowest BCUT2D eigenvalue weighted by Crippen LogP contribution is -2.42. The minimum absolute atomic E-state index is 0.0327. The van der Waals surface area contributed by atoms with Crippen molar-refractivity contribution in [2.45, 2.75) is 25.7 Å². The highest BCUT2D eigenvalue weighted by molar-refractivity contribution is 6.00. The number of amides is 2. The van der Waals surface area contributed by atoms with E-state index in [9.17, 15) is 14.0 Å². The number of likely N-dealkylation sites (tertiary alicyclic amines) is 1. The molecule has 0 bridgehead atoms. The summed E-state index contributed by atoms with van der Waals surface area (Å²) in [4.78, 5) is 28.6. The average molecular weight is 380 g/mol. The maximum atomic E-state index is 14.0. The standard InChI is InChI=1S/C23H25FN2O2/c24-20-8-4-5-9-21(20)26-16-19(15-22(26)27)23(28)25-12-10-18(11-13-25)14-17-6-2-1-3-7-17/h1-9,18-19H,10-16H2. The number of para-hydroxylation sites is 1. The van der Waals surface area contributed by atoms with Crippen LogP contribution in [0.15, 0.2) is 54.6 Å². The van der Waals surface area contributed by atoms with Crippen molar-refractivity contribution in [1.82, 2.24) is 4.90 Å². The third kappa shape index (κ3) is 3.93. The van der Waals surface area contributed by atoms with Gasteiger partial charge in [-0.05, 0) is 42.9 Å². The molecule has 0 aromatic heterocycles. The number of carbonyl (C=O) groups is 2. The number of rotatable bonds is 4. The SMILES string of the molecule is O=C(C1CC(=O)N(c2ccccc2F)C1)N1CCC(Cc2ccccc2)CC1. The van der Waals surface area contributed by atoms with Gasteiger partial charge in [-0.25, -0.2) is 4.39 Å². The molecule has 1 atom stereocenters. The lowest BCUT2D eigenvalue weighted by molar-refractivity contribution is -0.137. The third-order valence-electron chi connectivity index (χ3n) is 5.91. The molecule has 5 heteroatoms. The lowest BCUT2D eigenvalue weighted by Gasteiger charge is -2.33. The van der Waals surface area contributed by atoms with Gasteiger partial charge >= 0.3 is 0 Å². The minimum atomic E-state index is -0.425. The van der Waals surface area contributed by atoms with Crippen molar-refractivity contribution in [3.63, 3.8) is 0 Å². The molecule has 0 aliphatic carbocycles. The van der Waals surface area contributed by atoms with E-state index in [0.29, 0.717) is 5.92 Å². The summed E-state index contributed by atoms with van der Waals surface area (Å²) >= 11 is 0. The summed E-state index contributed by atoms with van der Waals surface area (Å²) in [7, 11) is 0. The number of piperidine rings is 1. The van der Waals surface area contributed by atoms with E-state index < -0.39 is 5.82 Å². The molecular weight excluding hydrogens is 355 g/mol. The van der Waals surface area contributed by atoms with E-state index in [-0.39, 0.29) is 36.4 Å². The second kappa shape index (κ2) is 8.13. The molecule has 2 saturated heterocycles. The van der Waals surface area contributed by atoms with Gasteiger partial charge in [0.25, 0.3) is 0 Å². The third-order valence-corrected chi connectivity index (χ3v) is 5.91. The minimum Gasteiger partial charge on any atom is -0.342 e. The smallest absolute Gasteiger partial charge is 0.228 e. The van der Waals surface area contributed by atoms with E-state index in [1.807, 2.05) is 11.0 Å². The maximum absolute atomic E-state index is 14.0. The summed E-state index contributed by atoms with van der Waals surface area (Å²) in [5.74, 6) is -0.359. The Kier molecular flexibility index (Phi) is 5.42. The van der Waals surface area contributed by atoms with Crippen molar-refractivity contribution in [3.05, 3.63) is 66.0 Å². The van der Waals surface area contributed by atoms with Crippen LogP contribution >= 0.6 is 0 Å². The first kappa shape index (κ1) is 18.7. The zero-order chi connectivity index (χ0) is 19.5. The van der Waals surface area contributed by atoms with Crippen molar-refractivity contribution >= 4 is 17.5 Å². The van der Waals surface area contributed by atoms with Gasteiger partial charge in [-0.1, -0.05) is 42.5 Å². The predicted molar refractivity (Wildman–Crippen MR) is 106 cm³/mol. The summed E-state index contributed by atoms with van der Waals surface area (Å²) in [6.45, 7) is 1.74. The van der Waals surface area contributed by atoms with Crippen molar-refractivity contribution in [3.8, 4) is 0 Å². The van der Waals surface area contributed by atoms with Gasteiger partial charge in [0.1, 0.15) is 5.82 Å². The van der Waals surface area contributed by atoms with Crippen LogP contribution in [0.3, 0.4) is 0 Å². The molecule has 2 amide bonds. The molecule has 2 aromatic carbocycles. The molecule has 28 heavy (non-hydrogen) atoms. The predicted octanol–water partition coefficient (Wildman–Crippen LogP) is 3.66. The summed E-state index contributed by atoms with van der Waals surface area (Å²) in [6, 6.07) is 16.7. The quantitative estimate of drug-likeness (QED) is 0.812. The topological polar surface area (TPSA) is 40.6 Å². The number of nitrogens with zero attached hydrogens (tertiary/aromatic N) is 2. The molecule has 2 aliphatic heterocycles. The molecule has 0 saturated carbocycles. The van der Waals surface area contributed by atoms with Crippen LogP contribution in [-0.4, -0.2) is 36.3 Å². The summed E-state index contributed by atoms with van der Waals surface area (Å²) < 4.78 is 14.0. The van der Waals surface area contributed by atoms with Crippen molar-refractivity contribution < 1.29 is 14.0 Å². The zero-order valence-electron chi connectivity index (χ0n) is 15.9. The first-order valence-corrected chi connectivity index (χ1v) is 9.99. The van der Waals surface area contributed by atoms with Crippen LogP contribution in [0.5, 0.6) is 0 Å². The van der Waals surface area contributed by atoms with Gasteiger partial charge in [0.2, 0.25) is 11.8 Å². The molecular formula is C23H25FN2O2. The van der Waals surface area contributed by atoms with Gasteiger partial charge in [0.05, 0.1) is 11.6 Å². The molecule has 2 fully saturated rings. The first-order chi connectivity index (χ1) is 13.6. The Morgan fingerprint density at radius 2 is 1.68 bits per heavy atom. The largest absolute Gasteiger partial charge is 0.342 e. The number of carbonyl (C=O) groups excluding carboxylic acids is 2. The molecule has 2 aromatic rings. The monoisotopic (exact) mass is 380 g/mol. The van der Waals surface area contributed by atoms with Gasteiger partial charge in [0, 0.05) is 26.1 Å². The van der Waals surface area contributed by atoms with Gasteiger partial charge < -0.3 is 9.80 Å². The Labute approximate surface area is 164 Å². The highest BCUT2D eigenvalue weighted by Gasteiger charge is 2.38. The Hall–Kier alpha value is -2.69. The molecule has 4 nitrogen and oxygen atoms in total. The van der Waals surface area contributed by atoms with Crippen LogP contribution in [0.1, 0.15) is 24.8 Å². The highest BCUT2D eigenvalue weighted by Crippen LogP contribution is 2.30. The molecule has 4 rings (SSSR count). The number of benzene rings is 2. The maximum Gasteiger partial charge on any atom is 0.228 e. The summed E-state index contributed by atoms with van der Waals surface area (Å²) in [6.07, 6.45) is 3.18. The van der Waals surface area contributed by atoms with E-state index in [1.165, 1.54) is 16.5 Å². The van der Waals surface area contributed by atoms with Crippen LogP contribution in [0.4, 0.5) is 10.1 Å². The fourth-order valence-corrected chi connectivity index (χ4v) is 4.34. The van der Waals surface area contributed by atoms with E-state index in [1.54, 1.807) is 18.2 Å². The normalized spacial score (nSPS) is 20.6. The van der Waals surface area contributed by atoms with Gasteiger partial charge in [0.15, 0.2) is 0 Å². The van der Waals surface area contributed by atoms with Gasteiger partial charge in [-0.15, -0.1) is 0 Å². The number of anilines is 1. The zero-order valence-corrected chi connectivity index (χ0v) is 15.9. The number of halogens is 1. The fourth-order valence-electron chi connectivity index (χ4n) is 4.34.